The number of imidazole rings is 1. The summed E-state index contributed by atoms with van der Waals surface area (Å²) in [4.78, 5) is 9.39. The molecule has 0 aliphatic carbocycles. The highest BCUT2D eigenvalue weighted by Crippen LogP contribution is 2.20. The number of nitrogens with one attached hydrogen (secondary N) is 1. The van der Waals surface area contributed by atoms with Gasteiger partial charge >= 0.3 is 0 Å². The molecule has 0 saturated carbocycles. The van der Waals surface area contributed by atoms with Gasteiger partial charge in [-0.2, -0.15) is 0 Å². The number of aromatic amines is 1. The summed E-state index contributed by atoms with van der Waals surface area (Å²) < 4.78 is 0. The van der Waals surface area contributed by atoms with E-state index in [4.69, 9.17) is 0 Å². The molecule has 0 amide bonds. The molecule has 3 nitrogen and oxygen atoms in total. The highest BCUT2D eigenvalue weighted by atomic mass is 15.1. The van der Waals surface area contributed by atoms with Crippen LogP contribution in [0.25, 0.3) is 0 Å². The topological polar surface area (TPSA) is 31.9 Å². The molecule has 1 aromatic carbocycles. The summed E-state index contributed by atoms with van der Waals surface area (Å²) in [5, 5.41) is 0. The predicted molar refractivity (Wildman–Crippen MR) is 66.5 cm³/mol. The monoisotopic (exact) mass is 215 g/mol. The van der Waals surface area contributed by atoms with Gasteiger partial charge in [-0.25, -0.2) is 4.98 Å². The maximum Gasteiger partial charge on any atom is 0.0922 e. The minimum Gasteiger partial charge on any atom is -0.368 e. The number of aromatic nitrogens is 2. The normalized spacial score (nSPS) is 10.4. The fourth-order valence-corrected chi connectivity index (χ4v) is 1.89. The molecule has 3 heteroatoms. The maximum absolute atomic E-state index is 4.03. The van der Waals surface area contributed by atoms with Crippen LogP contribution in [0.4, 0.5) is 5.69 Å². The van der Waals surface area contributed by atoms with Crippen LogP contribution < -0.4 is 4.90 Å². The van der Waals surface area contributed by atoms with Gasteiger partial charge in [-0.3, -0.25) is 0 Å². The van der Waals surface area contributed by atoms with Gasteiger partial charge < -0.3 is 9.88 Å². The molecule has 2 aromatic rings. The summed E-state index contributed by atoms with van der Waals surface area (Å²) in [5.74, 6) is 0. The van der Waals surface area contributed by atoms with E-state index < -0.39 is 0 Å². The number of rotatable bonds is 4. The first kappa shape index (κ1) is 10.7. The molecule has 0 radical (unpaired) electrons. The largest absolute Gasteiger partial charge is 0.368 e. The zero-order valence-corrected chi connectivity index (χ0v) is 9.77. The van der Waals surface area contributed by atoms with E-state index in [1.165, 1.54) is 11.3 Å². The minimum absolute atomic E-state index is 0.858. The van der Waals surface area contributed by atoms with Crippen molar-refractivity contribution in [1.29, 1.82) is 0 Å². The molecule has 1 heterocycles. The van der Waals surface area contributed by atoms with Gasteiger partial charge in [-0.05, 0) is 18.1 Å². The Labute approximate surface area is 96.1 Å². The van der Waals surface area contributed by atoms with Crippen molar-refractivity contribution >= 4 is 5.69 Å². The molecular weight excluding hydrogens is 198 g/mol. The molecule has 84 valence electrons. The first-order valence-corrected chi connectivity index (χ1v) is 5.57. The molecule has 16 heavy (non-hydrogen) atoms. The van der Waals surface area contributed by atoms with E-state index in [1.807, 2.05) is 6.20 Å². The van der Waals surface area contributed by atoms with E-state index in [0.29, 0.717) is 0 Å². The Hall–Kier alpha value is -1.77. The maximum atomic E-state index is 4.03. The number of anilines is 1. The molecule has 1 N–H and O–H groups in total. The Morgan fingerprint density at radius 1 is 1.31 bits per heavy atom. The second-order valence-electron chi connectivity index (χ2n) is 3.92. The molecule has 1 aromatic heterocycles. The Bertz CT molecular complexity index is 434. The molecule has 0 saturated heterocycles. The summed E-state index contributed by atoms with van der Waals surface area (Å²) in [5.41, 5.74) is 3.80. The van der Waals surface area contributed by atoms with Gasteiger partial charge in [0.15, 0.2) is 0 Å². The van der Waals surface area contributed by atoms with Crippen LogP contribution in [-0.4, -0.2) is 17.0 Å². The van der Waals surface area contributed by atoms with Crippen molar-refractivity contribution < 1.29 is 0 Å². The van der Waals surface area contributed by atoms with Gasteiger partial charge in [-0.15, -0.1) is 0 Å². The smallest absolute Gasteiger partial charge is 0.0922 e. The summed E-state index contributed by atoms with van der Waals surface area (Å²) >= 11 is 0. The van der Waals surface area contributed by atoms with Gasteiger partial charge in [0.25, 0.3) is 0 Å². The third-order valence-corrected chi connectivity index (χ3v) is 2.75. The lowest BCUT2D eigenvalue weighted by Crippen LogP contribution is -2.18. The van der Waals surface area contributed by atoms with Crippen LogP contribution in [0.2, 0.25) is 0 Å². The zero-order valence-electron chi connectivity index (χ0n) is 9.77. The van der Waals surface area contributed by atoms with E-state index >= 15 is 0 Å². The summed E-state index contributed by atoms with van der Waals surface area (Å²) in [6.45, 7) is 3.04. The zero-order chi connectivity index (χ0) is 11.4. The third kappa shape index (κ3) is 2.24. The Morgan fingerprint density at radius 2 is 2.12 bits per heavy atom. The second-order valence-corrected chi connectivity index (χ2v) is 3.92. The standard InChI is InChI=1S/C13H17N3/c1-3-11-6-4-5-7-13(11)16(2)9-12-8-14-10-15-12/h4-8,10H,3,9H2,1-2H3,(H,14,15). The van der Waals surface area contributed by atoms with Crippen LogP contribution in [0, 0.1) is 0 Å². The lowest BCUT2D eigenvalue weighted by atomic mass is 10.1. The van der Waals surface area contributed by atoms with Crippen molar-refractivity contribution in [3.63, 3.8) is 0 Å². The van der Waals surface area contributed by atoms with Gasteiger partial charge in [-0.1, -0.05) is 25.1 Å². The van der Waals surface area contributed by atoms with E-state index in [0.717, 1.165) is 18.7 Å². The fourth-order valence-electron chi connectivity index (χ4n) is 1.89. The van der Waals surface area contributed by atoms with Crippen molar-refractivity contribution in [3.8, 4) is 0 Å². The van der Waals surface area contributed by atoms with Gasteiger partial charge in [0.2, 0.25) is 0 Å². The van der Waals surface area contributed by atoms with E-state index in [-0.39, 0.29) is 0 Å². The Kier molecular flexibility index (Phi) is 3.25. The van der Waals surface area contributed by atoms with Gasteiger partial charge in [0, 0.05) is 18.9 Å². The average molecular weight is 215 g/mol. The molecule has 0 atom stereocenters. The van der Waals surface area contributed by atoms with Crippen molar-refractivity contribution in [3.05, 3.63) is 48.0 Å². The van der Waals surface area contributed by atoms with Gasteiger partial charge in [0.1, 0.15) is 0 Å². The molecule has 0 bridgehead atoms. The van der Waals surface area contributed by atoms with Crippen molar-refractivity contribution in [1.82, 2.24) is 9.97 Å². The van der Waals surface area contributed by atoms with Gasteiger partial charge in [0.05, 0.1) is 18.6 Å². The lowest BCUT2D eigenvalue weighted by molar-refractivity contribution is 0.883. The predicted octanol–water partition coefficient (Wildman–Crippen LogP) is 2.61. The van der Waals surface area contributed by atoms with E-state index in [2.05, 4.69) is 53.1 Å². The number of H-pyrrole nitrogens is 1. The van der Waals surface area contributed by atoms with Crippen LogP contribution in [0.15, 0.2) is 36.8 Å². The van der Waals surface area contributed by atoms with E-state index in [9.17, 15) is 0 Å². The summed E-state index contributed by atoms with van der Waals surface area (Å²) in [6.07, 6.45) is 4.64. The molecule has 0 unspecified atom stereocenters. The number of nitrogens with zero attached hydrogens (tertiary/aromatic N) is 2. The molecule has 0 fully saturated rings. The van der Waals surface area contributed by atoms with Crippen molar-refractivity contribution in [2.24, 2.45) is 0 Å². The molecule has 2 rings (SSSR count). The number of hydrogen-bond donors (Lipinski definition) is 1. The Balaban J connectivity index is 2.17. The lowest BCUT2D eigenvalue weighted by Gasteiger charge is -2.21. The van der Waals surface area contributed by atoms with Crippen molar-refractivity contribution in [2.75, 3.05) is 11.9 Å². The highest BCUT2D eigenvalue weighted by Gasteiger charge is 2.06. The number of benzene rings is 1. The first-order valence-electron chi connectivity index (χ1n) is 5.57. The quantitative estimate of drug-likeness (QED) is 0.850. The minimum atomic E-state index is 0.858. The third-order valence-electron chi connectivity index (χ3n) is 2.75. The first-order chi connectivity index (χ1) is 7.81. The second kappa shape index (κ2) is 4.84. The van der Waals surface area contributed by atoms with Crippen LogP contribution >= 0.6 is 0 Å². The van der Waals surface area contributed by atoms with Crippen LogP contribution in [0.3, 0.4) is 0 Å². The van der Waals surface area contributed by atoms with Crippen molar-refractivity contribution in [2.45, 2.75) is 19.9 Å². The van der Waals surface area contributed by atoms with Crippen LogP contribution in [0.1, 0.15) is 18.2 Å². The van der Waals surface area contributed by atoms with Crippen LogP contribution in [0.5, 0.6) is 0 Å². The SMILES string of the molecule is CCc1ccccc1N(C)Cc1cnc[nH]1. The molecule has 0 aliphatic heterocycles. The summed E-state index contributed by atoms with van der Waals surface area (Å²) in [6, 6.07) is 8.51. The molecule has 0 spiro atoms. The Morgan fingerprint density at radius 3 is 2.81 bits per heavy atom. The number of aryl methyl sites for hydroxylation is 1. The van der Waals surface area contributed by atoms with Crippen LogP contribution in [-0.2, 0) is 13.0 Å². The van der Waals surface area contributed by atoms with E-state index in [1.54, 1.807) is 6.33 Å². The fraction of sp³-hybridized carbons (Fsp3) is 0.308. The molecular formula is C13H17N3. The number of hydrogen-bond acceptors (Lipinski definition) is 2. The summed E-state index contributed by atoms with van der Waals surface area (Å²) in [7, 11) is 2.11. The number of para-hydroxylation sites is 1. The average Bonchev–Trinajstić information content (AvgIpc) is 2.81. The molecule has 0 aliphatic rings. The highest BCUT2D eigenvalue weighted by molar-refractivity contribution is 5.53.